The van der Waals surface area contributed by atoms with Gasteiger partial charge in [-0.1, -0.05) is 11.6 Å². The topological polar surface area (TPSA) is 86.1 Å². The number of methoxy groups -OCH3 is 1. The molecule has 0 bridgehead atoms. The molecule has 4 rings (SSSR count). The van der Waals surface area contributed by atoms with E-state index in [1.54, 1.807) is 18.6 Å². The molecule has 4 aromatic rings. The average Bonchev–Trinajstić information content (AvgIpc) is 3.34. The average molecular weight is 412 g/mol. The minimum Gasteiger partial charge on any atom is -0.496 e. The summed E-state index contributed by atoms with van der Waals surface area (Å²) in [5, 5.41) is 7.39. The van der Waals surface area contributed by atoms with Crippen LogP contribution in [-0.4, -0.2) is 27.6 Å². The molecular weight excluding hydrogens is 396 g/mol. The van der Waals surface area contributed by atoms with E-state index >= 15 is 0 Å². The second-order valence-electron chi connectivity index (χ2n) is 6.11. The van der Waals surface area contributed by atoms with Crippen LogP contribution in [0.2, 0.25) is 0 Å². The zero-order chi connectivity index (χ0) is 19.7. The van der Waals surface area contributed by atoms with Crippen molar-refractivity contribution in [1.29, 1.82) is 0 Å². The van der Waals surface area contributed by atoms with Crippen LogP contribution in [0.1, 0.15) is 5.56 Å². The Hall–Kier alpha value is -3.04. The van der Waals surface area contributed by atoms with E-state index in [1.165, 1.54) is 33.6 Å². The number of carbonyl (C=O) groups is 1. The number of amides is 1. The number of thiophene rings is 1. The van der Waals surface area contributed by atoms with Crippen molar-refractivity contribution < 1.29 is 9.53 Å². The standard InChI is InChI=1S/C19H16N4O3S2/c1-11-3-4-15(26-2)13(7-11)14-9-28-19(21-14)22-16(24)8-23-10-20-17-12(18(23)25)5-6-27-17/h3-7,9-10H,8H2,1-2H3,(H,21,22,24). The zero-order valence-corrected chi connectivity index (χ0v) is 16.8. The molecule has 0 spiro atoms. The normalized spacial score (nSPS) is 10.9. The van der Waals surface area contributed by atoms with E-state index in [-0.39, 0.29) is 18.0 Å². The summed E-state index contributed by atoms with van der Waals surface area (Å²) in [6.07, 6.45) is 1.39. The molecule has 0 unspecified atom stereocenters. The fourth-order valence-corrected chi connectivity index (χ4v) is 4.25. The first-order valence-corrected chi connectivity index (χ1v) is 10.1. The van der Waals surface area contributed by atoms with E-state index in [0.29, 0.717) is 15.3 Å². The van der Waals surface area contributed by atoms with Crippen molar-refractivity contribution in [3.05, 3.63) is 57.3 Å². The summed E-state index contributed by atoms with van der Waals surface area (Å²) in [6.45, 7) is 1.87. The molecule has 0 fully saturated rings. The molecule has 0 radical (unpaired) electrons. The van der Waals surface area contributed by atoms with Crippen molar-refractivity contribution in [2.24, 2.45) is 0 Å². The Morgan fingerprint density at radius 2 is 2.14 bits per heavy atom. The molecule has 28 heavy (non-hydrogen) atoms. The number of nitrogens with one attached hydrogen (secondary N) is 1. The van der Waals surface area contributed by atoms with E-state index in [4.69, 9.17) is 4.74 Å². The zero-order valence-electron chi connectivity index (χ0n) is 15.1. The summed E-state index contributed by atoms with van der Waals surface area (Å²) in [6, 6.07) is 7.56. The van der Waals surface area contributed by atoms with Gasteiger partial charge in [-0.3, -0.25) is 14.2 Å². The minimum atomic E-state index is -0.337. The molecule has 1 N–H and O–H groups in total. The van der Waals surface area contributed by atoms with Crippen LogP contribution in [-0.2, 0) is 11.3 Å². The van der Waals surface area contributed by atoms with Crippen LogP contribution in [0, 0.1) is 6.92 Å². The molecular formula is C19H16N4O3S2. The van der Waals surface area contributed by atoms with Gasteiger partial charge in [0.15, 0.2) is 5.13 Å². The molecule has 0 aliphatic rings. The van der Waals surface area contributed by atoms with Crippen LogP contribution in [0.5, 0.6) is 5.75 Å². The Labute approximate surface area is 168 Å². The summed E-state index contributed by atoms with van der Waals surface area (Å²) in [7, 11) is 1.61. The Morgan fingerprint density at radius 3 is 2.96 bits per heavy atom. The lowest BCUT2D eigenvalue weighted by molar-refractivity contribution is -0.116. The number of benzene rings is 1. The van der Waals surface area contributed by atoms with Gasteiger partial charge < -0.3 is 10.1 Å². The van der Waals surface area contributed by atoms with E-state index in [1.807, 2.05) is 30.5 Å². The number of nitrogens with zero attached hydrogens (tertiary/aromatic N) is 3. The molecule has 0 atom stereocenters. The van der Waals surface area contributed by atoms with Crippen LogP contribution in [0.3, 0.4) is 0 Å². The number of anilines is 1. The summed E-state index contributed by atoms with van der Waals surface area (Å²) >= 11 is 2.71. The SMILES string of the molecule is COc1ccc(C)cc1-c1csc(NC(=O)Cn2cnc3sccc3c2=O)n1. The first-order valence-electron chi connectivity index (χ1n) is 8.38. The summed E-state index contributed by atoms with van der Waals surface area (Å²) in [5.41, 5.74) is 2.44. The number of hydrogen-bond donors (Lipinski definition) is 1. The summed E-state index contributed by atoms with van der Waals surface area (Å²) in [4.78, 5) is 34.1. The smallest absolute Gasteiger partial charge is 0.262 e. The molecule has 0 saturated heterocycles. The Kier molecular flexibility index (Phi) is 4.93. The van der Waals surface area contributed by atoms with Gasteiger partial charge in [0.25, 0.3) is 5.56 Å². The maximum Gasteiger partial charge on any atom is 0.262 e. The Bertz CT molecular complexity index is 1230. The van der Waals surface area contributed by atoms with Crippen molar-refractivity contribution >= 4 is 43.9 Å². The maximum atomic E-state index is 12.4. The molecule has 1 aromatic carbocycles. The van der Waals surface area contributed by atoms with Gasteiger partial charge in [-0.25, -0.2) is 9.97 Å². The van der Waals surface area contributed by atoms with Gasteiger partial charge >= 0.3 is 0 Å². The quantitative estimate of drug-likeness (QED) is 0.542. The van der Waals surface area contributed by atoms with Crippen molar-refractivity contribution in [2.75, 3.05) is 12.4 Å². The number of carbonyl (C=O) groups excluding carboxylic acids is 1. The van der Waals surface area contributed by atoms with Crippen LogP contribution in [0.15, 0.2) is 46.1 Å². The van der Waals surface area contributed by atoms with Crippen molar-refractivity contribution in [1.82, 2.24) is 14.5 Å². The van der Waals surface area contributed by atoms with Gasteiger partial charge in [0.05, 0.1) is 24.5 Å². The maximum absolute atomic E-state index is 12.4. The molecule has 3 heterocycles. The highest BCUT2D eigenvalue weighted by Gasteiger charge is 2.13. The van der Waals surface area contributed by atoms with Crippen molar-refractivity contribution in [2.45, 2.75) is 13.5 Å². The highest BCUT2D eigenvalue weighted by Crippen LogP contribution is 2.32. The third-order valence-electron chi connectivity index (χ3n) is 4.15. The molecule has 1 amide bonds. The van der Waals surface area contributed by atoms with Gasteiger partial charge in [-0.15, -0.1) is 22.7 Å². The Balaban J connectivity index is 1.52. The third-order valence-corrected chi connectivity index (χ3v) is 5.72. The first kappa shape index (κ1) is 18.3. The molecule has 0 aliphatic carbocycles. The largest absolute Gasteiger partial charge is 0.496 e. The number of aryl methyl sites for hydroxylation is 1. The predicted octanol–water partition coefficient (Wildman–Crippen LogP) is 3.54. The lowest BCUT2D eigenvalue weighted by atomic mass is 10.1. The van der Waals surface area contributed by atoms with E-state index in [9.17, 15) is 9.59 Å². The van der Waals surface area contributed by atoms with Gasteiger partial charge in [0, 0.05) is 10.9 Å². The lowest BCUT2D eigenvalue weighted by Crippen LogP contribution is -2.27. The molecule has 3 aromatic heterocycles. The van der Waals surface area contributed by atoms with Crippen molar-refractivity contribution in [3.63, 3.8) is 0 Å². The van der Waals surface area contributed by atoms with Gasteiger partial charge in [0.1, 0.15) is 17.1 Å². The number of thiazole rings is 1. The van der Waals surface area contributed by atoms with E-state index in [2.05, 4.69) is 15.3 Å². The fourth-order valence-electron chi connectivity index (χ4n) is 2.80. The monoisotopic (exact) mass is 412 g/mol. The van der Waals surface area contributed by atoms with Crippen LogP contribution in [0.25, 0.3) is 21.5 Å². The van der Waals surface area contributed by atoms with Crippen molar-refractivity contribution in [3.8, 4) is 17.0 Å². The number of rotatable bonds is 5. The Morgan fingerprint density at radius 1 is 1.29 bits per heavy atom. The van der Waals surface area contributed by atoms with E-state index < -0.39 is 0 Å². The van der Waals surface area contributed by atoms with Crippen LogP contribution < -0.4 is 15.6 Å². The summed E-state index contributed by atoms with van der Waals surface area (Å²) < 4.78 is 6.69. The van der Waals surface area contributed by atoms with Crippen LogP contribution in [0.4, 0.5) is 5.13 Å². The number of hydrogen-bond acceptors (Lipinski definition) is 7. The number of fused-ring (bicyclic) bond motifs is 1. The number of aromatic nitrogens is 3. The molecule has 0 saturated carbocycles. The van der Waals surface area contributed by atoms with Gasteiger partial charge in [-0.05, 0) is 30.5 Å². The van der Waals surface area contributed by atoms with Gasteiger partial charge in [-0.2, -0.15) is 0 Å². The molecule has 7 nitrogen and oxygen atoms in total. The van der Waals surface area contributed by atoms with E-state index in [0.717, 1.165) is 22.6 Å². The molecule has 142 valence electrons. The predicted molar refractivity (Wildman–Crippen MR) is 111 cm³/mol. The highest BCUT2D eigenvalue weighted by molar-refractivity contribution is 7.16. The fraction of sp³-hybridized carbons (Fsp3) is 0.158. The molecule has 9 heteroatoms. The number of ether oxygens (including phenoxy) is 1. The molecule has 0 aliphatic heterocycles. The minimum absolute atomic E-state index is 0.125. The van der Waals surface area contributed by atoms with Gasteiger partial charge in [0.2, 0.25) is 5.91 Å². The third kappa shape index (κ3) is 3.54. The first-order chi connectivity index (χ1) is 13.5. The lowest BCUT2D eigenvalue weighted by Gasteiger charge is -2.07. The highest BCUT2D eigenvalue weighted by atomic mass is 32.1. The second kappa shape index (κ2) is 7.53. The summed E-state index contributed by atoms with van der Waals surface area (Å²) in [5.74, 6) is 0.381. The second-order valence-corrected chi connectivity index (χ2v) is 7.86. The van der Waals surface area contributed by atoms with Crippen LogP contribution >= 0.6 is 22.7 Å².